The zero-order valence-corrected chi connectivity index (χ0v) is 15.2. The fourth-order valence-electron chi connectivity index (χ4n) is 3.00. The smallest absolute Gasteiger partial charge is 0.268 e. The van der Waals surface area contributed by atoms with Crippen molar-refractivity contribution in [2.45, 2.75) is 39.2 Å². The van der Waals surface area contributed by atoms with Crippen LogP contribution in [-0.4, -0.2) is 23.6 Å². The molecule has 0 atom stereocenters. The minimum Gasteiger partial charge on any atom is -0.494 e. The van der Waals surface area contributed by atoms with E-state index in [2.05, 4.69) is 12.2 Å². The molecule has 1 aromatic carbocycles. The number of nitrogens with one attached hydrogen (secondary N) is 1. The minimum atomic E-state index is -0.0449. The topological polar surface area (TPSA) is 56.4 Å². The Bertz CT molecular complexity index is 820. The number of ether oxygens (including phenoxy) is 1. The predicted octanol–water partition coefficient (Wildman–Crippen LogP) is 4.62. The first-order valence-corrected chi connectivity index (χ1v) is 9.32. The maximum absolute atomic E-state index is 12.5. The number of aromatic nitrogens is 1. The molecule has 2 aromatic heterocycles. The number of aryl methyl sites for hydroxylation is 1. The highest BCUT2D eigenvalue weighted by molar-refractivity contribution is 5.97. The summed E-state index contributed by atoms with van der Waals surface area (Å²) >= 11 is 0. The van der Waals surface area contributed by atoms with Gasteiger partial charge >= 0.3 is 0 Å². The molecule has 3 aromatic rings. The Kier molecular flexibility index (Phi) is 6.36. The van der Waals surface area contributed by atoms with E-state index < -0.39 is 0 Å². The third-order valence-electron chi connectivity index (χ3n) is 4.36. The zero-order chi connectivity index (χ0) is 18.2. The van der Waals surface area contributed by atoms with Gasteiger partial charge in [-0.25, -0.2) is 0 Å². The van der Waals surface area contributed by atoms with Gasteiger partial charge < -0.3 is 19.0 Å². The summed E-state index contributed by atoms with van der Waals surface area (Å²) in [6.07, 6.45) is 5.73. The van der Waals surface area contributed by atoms with E-state index in [4.69, 9.17) is 9.15 Å². The lowest BCUT2D eigenvalue weighted by atomic mass is 10.2. The van der Waals surface area contributed by atoms with Crippen molar-refractivity contribution in [3.05, 3.63) is 54.4 Å². The second kappa shape index (κ2) is 9.13. The Hall–Kier alpha value is -2.69. The summed E-state index contributed by atoms with van der Waals surface area (Å²) in [5.74, 6) is 0.818. The van der Waals surface area contributed by atoms with Crippen LogP contribution in [0.3, 0.4) is 0 Å². The Balaban J connectivity index is 1.60. The summed E-state index contributed by atoms with van der Waals surface area (Å²) in [6, 6.07) is 13.5. The summed E-state index contributed by atoms with van der Waals surface area (Å²) in [4.78, 5) is 12.5. The van der Waals surface area contributed by atoms with Gasteiger partial charge in [0.25, 0.3) is 5.91 Å². The van der Waals surface area contributed by atoms with Crippen LogP contribution in [-0.2, 0) is 6.54 Å². The van der Waals surface area contributed by atoms with Crippen LogP contribution in [0.5, 0.6) is 5.75 Å². The molecule has 26 heavy (non-hydrogen) atoms. The highest BCUT2D eigenvalue weighted by Gasteiger charge is 2.16. The predicted molar refractivity (Wildman–Crippen MR) is 103 cm³/mol. The lowest BCUT2D eigenvalue weighted by molar-refractivity contribution is 0.0943. The highest BCUT2D eigenvalue weighted by Crippen LogP contribution is 2.22. The Labute approximate surface area is 153 Å². The molecular formula is C21H26N2O3. The van der Waals surface area contributed by atoms with Crippen LogP contribution in [0.2, 0.25) is 0 Å². The van der Waals surface area contributed by atoms with Crippen molar-refractivity contribution in [2.75, 3.05) is 13.2 Å². The van der Waals surface area contributed by atoms with Gasteiger partial charge in [0.05, 0.1) is 18.4 Å². The number of para-hydroxylation sites is 1. The van der Waals surface area contributed by atoms with Crippen molar-refractivity contribution in [3.8, 4) is 5.75 Å². The molecule has 0 fully saturated rings. The first kappa shape index (κ1) is 18.1. The average molecular weight is 354 g/mol. The third kappa shape index (κ3) is 4.48. The molecule has 5 nitrogen and oxygen atoms in total. The van der Waals surface area contributed by atoms with E-state index in [1.807, 2.05) is 47.0 Å². The standard InChI is InChI=1S/C21H26N2O3/c1-2-3-7-12-22-21(24)19-16-20-18(11-15-26-20)23(19)13-8-14-25-17-9-5-4-6-10-17/h4-6,9-11,15-16H,2-3,7-8,12-14H2,1H3,(H,22,24). The monoisotopic (exact) mass is 354 g/mol. The van der Waals surface area contributed by atoms with Crippen molar-refractivity contribution in [2.24, 2.45) is 0 Å². The van der Waals surface area contributed by atoms with Gasteiger partial charge in [-0.15, -0.1) is 0 Å². The fraction of sp³-hybridized carbons (Fsp3) is 0.381. The van der Waals surface area contributed by atoms with E-state index in [1.54, 1.807) is 6.26 Å². The van der Waals surface area contributed by atoms with Crippen LogP contribution in [0.4, 0.5) is 0 Å². The van der Waals surface area contributed by atoms with Gasteiger partial charge in [-0.3, -0.25) is 4.79 Å². The molecule has 3 rings (SSSR count). The van der Waals surface area contributed by atoms with Crippen molar-refractivity contribution in [1.29, 1.82) is 0 Å². The summed E-state index contributed by atoms with van der Waals surface area (Å²) in [5, 5.41) is 3.01. The maximum atomic E-state index is 12.5. The second-order valence-corrected chi connectivity index (χ2v) is 6.33. The minimum absolute atomic E-state index is 0.0449. The van der Waals surface area contributed by atoms with Crippen molar-refractivity contribution in [3.63, 3.8) is 0 Å². The second-order valence-electron chi connectivity index (χ2n) is 6.33. The number of hydrogen-bond acceptors (Lipinski definition) is 3. The molecule has 0 saturated heterocycles. The number of fused-ring (bicyclic) bond motifs is 1. The molecule has 0 aliphatic heterocycles. The van der Waals surface area contributed by atoms with Crippen LogP contribution < -0.4 is 10.1 Å². The van der Waals surface area contributed by atoms with Gasteiger partial charge in [-0.05, 0) is 25.0 Å². The van der Waals surface area contributed by atoms with Gasteiger partial charge in [0, 0.05) is 25.2 Å². The van der Waals surface area contributed by atoms with E-state index in [9.17, 15) is 4.79 Å². The quantitative estimate of drug-likeness (QED) is 0.540. The lowest BCUT2D eigenvalue weighted by Crippen LogP contribution is -2.27. The van der Waals surface area contributed by atoms with Gasteiger partial charge in [-0.2, -0.15) is 0 Å². The van der Waals surface area contributed by atoms with Crippen molar-refractivity contribution in [1.82, 2.24) is 9.88 Å². The molecule has 0 unspecified atom stereocenters. The molecule has 0 saturated carbocycles. The molecule has 0 aliphatic carbocycles. The molecule has 138 valence electrons. The molecule has 0 aliphatic rings. The first-order chi connectivity index (χ1) is 12.8. The van der Waals surface area contributed by atoms with E-state index >= 15 is 0 Å². The van der Waals surface area contributed by atoms with E-state index in [0.717, 1.165) is 42.5 Å². The van der Waals surface area contributed by atoms with E-state index in [1.165, 1.54) is 0 Å². The fourth-order valence-corrected chi connectivity index (χ4v) is 3.00. The summed E-state index contributed by atoms with van der Waals surface area (Å²) in [7, 11) is 0. The third-order valence-corrected chi connectivity index (χ3v) is 4.36. The number of furan rings is 1. The number of carbonyl (C=O) groups excluding carboxylic acids is 1. The molecule has 2 heterocycles. The number of hydrogen-bond donors (Lipinski definition) is 1. The molecule has 0 bridgehead atoms. The van der Waals surface area contributed by atoms with Crippen LogP contribution in [0.25, 0.3) is 11.1 Å². The Morgan fingerprint density at radius 2 is 2.00 bits per heavy atom. The van der Waals surface area contributed by atoms with E-state index in [0.29, 0.717) is 25.4 Å². The van der Waals surface area contributed by atoms with Crippen LogP contribution >= 0.6 is 0 Å². The number of amides is 1. The molecule has 1 N–H and O–H groups in total. The van der Waals surface area contributed by atoms with Crippen molar-refractivity contribution >= 4 is 17.0 Å². The van der Waals surface area contributed by atoms with Crippen LogP contribution in [0.15, 0.2) is 53.1 Å². The van der Waals surface area contributed by atoms with Crippen molar-refractivity contribution < 1.29 is 13.9 Å². The van der Waals surface area contributed by atoms with Gasteiger partial charge in [0.15, 0.2) is 5.58 Å². The molecule has 1 amide bonds. The first-order valence-electron chi connectivity index (χ1n) is 9.32. The number of nitrogens with zero attached hydrogens (tertiary/aromatic N) is 1. The SMILES string of the molecule is CCCCCNC(=O)c1cc2occc2n1CCCOc1ccccc1. The Morgan fingerprint density at radius 3 is 2.81 bits per heavy atom. The maximum Gasteiger partial charge on any atom is 0.268 e. The van der Waals surface area contributed by atoms with Gasteiger partial charge in [0.1, 0.15) is 11.4 Å². The molecule has 0 spiro atoms. The number of rotatable bonds is 10. The van der Waals surface area contributed by atoms with Gasteiger partial charge in [-0.1, -0.05) is 38.0 Å². The summed E-state index contributed by atoms with van der Waals surface area (Å²) in [6.45, 7) is 4.15. The average Bonchev–Trinajstić information content (AvgIpc) is 3.25. The Morgan fingerprint density at radius 1 is 1.15 bits per heavy atom. The van der Waals surface area contributed by atoms with E-state index in [-0.39, 0.29) is 5.91 Å². The normalized spacial score (nSPS) is 11.0. The number of benzene rings is 1. The largest absolute Gasteiger partial charge is 0.494 e. The summed E-state index contributed by atoms with van der Waals surface area (Å²) in [5.41, 5.74) is 2.34. The highest BCUT2D eigenvalue weighted by atomic mass is 16.5. The van der Waals surface area contributed by atoms with Gasteiger partial charge in [0.2, 0.25) is 0 Å². The van der Waals surface area contributed by atoms with Crippen LogP contribution in [0, 0.1) is 0 Å². The number of unbranched alkanes of at least 4 members (excludes halogenated alkanes) is 2. The zero-order valence-electron chi connectivity index (χ0n) is 15.2. The summed E-state index contributed by atoms with van der Waals surface area (Å²) < 4.78 is 13.2. The lowest BCUT2D eigenvalue weighted by Gasteiger charge is -2.11. The molecule has 0 radical (unpaired) electrons. The number of carbonyl (C=O) groups is 1. The molecule has 5 heteroatoms. The van der Waals surface area contributed by atoms with Crippen LogP contribution in [0.1, 0.15) is 43.1 Å². The molecular weight excluding hydrogens is 328 g/mol.